The lowest BCUT2D eigenvalue weighted by molar-refractivity contribution is 0.340. The molecule has 5 rings (SSSR count). The molecule has 0 aliphatic rings. The van der Waals surface area contributed by atoms with Gasteiger partial charge >= 0.3 is 0 Å². The summed E-state index contributed by atoms with van der Waals surface area (Å²) in [6.07, 6.45) is 3.57. The van der Waals surface area contributed by atoms with Crippen LogP contribution in [0.2, 0.25) is 0 Å². The fourth-order valence-electron chi connectivity index (χ4n) is 3.67. The summed E-state index contributed by atoms with van der Waals surface area (Å²) in [5, 5.41) is 0.600. The lowest BCUT2D eigenvalue weighted by Crippen LogP contribution is -2.21. The van der Waals surface area contributed by atoms with Crippen molar-refractivity contribution < 1.29 is 4.74 Å². The Labute approximate surface area is 215 Å². The summed E-state index contributed by atoms with van der Waals surface area (Å²) in [4.78, 5) is 23.0. The quantitative estimate of drug-likeness (QED) is 0.142. The van der Waals surface area contributed by atoms with Crippen molar-refractivity contribution in [2.24, 2.45) is 0 Å². The molecule has 2 aromatic carbocycles. The minimum absolute atomic E-state index is 0.131. The zero-order chi connectivity index (χ0) is 24.4. The van der Waals surface area contributed by atoms with E-state index in [1.807, 2.05) is 85.3 Å². The highest BCUT2D eigenvalue weighted by Gasteiger charge is 2.19. The van der Waals surface area contributed by atoms with E-state index in [4.69, 9.17) is 21.9 Å². The first-order valence-corrected chi connectivity index (χ1v) is 13.3. The van der Waals surface area contributed by atoms with E-state index in [9.17, 15) is 4.79 Å². The number of benzene rings is 2. The van der Waals surface area contributed by atoms with E-state index in [-0.39, 0.29) is 5.56 Å². The maximum absolute atomic E-state index is 13.8. The van der Waals surface area contributed by atoms with Gasteiger partial charge in [0.2, 0.25) is 0 Å². The van der Waals surface area contributed by atoms with Crippen molar-refractivity contribution >= 4 is 45.7 Å². The molecule has 0 unspecified atom stereocenters. The standard InChI is InChI=1S/C26H22N4O2S3/c1-3-32-21-12-10-19(11-13-21)29-23-22(35-26(29)33)24(31)30(20-8-6-17(2)7-9-20)25(28-23)34-16-18-5-4-14-27-15-18/h4-15H,3,16H2,1-2H3. The second-order valence-corrected chi connectivity index (χ2v) is 10.4. The van der Waals surface area contributed by atoms with Crippen LogP contribution in [0.25, 0.3) is 21.7 Å². The third kappa shape index (κ3) is 4.80. The fraction of sp³-hybridized carbons (Fsp3) is 0.154. The number of hydrogen-bond donors (Lipinski definition) is 0. The number of aromatic nitrogens is 4. The van der Waals surface area contributed by atoms with Crippen molar-refractivity contribution in [3.05, 3.63) is 98.5 Å². The van der Waals surface area contributed by atoms with E-state index in [1.54, 1.807) is 10.8 Å². The van der Waals surface area contributed by atoms with E-state index in [2.05, 4.69) is 4.98 Å². The second-order valence-electron chi connectivity index (χ2n) is 7.80. The van der Waals surface area contributed by atoms with Gasteiger partial charge in [-0.1, -0.05) is 46.9 Å². The minimum Gasteiger partial charge on any atom is -0.494 e. The highest BCUT2D eigenvalue weighted by atomic mass is 32.2. The van der Waals surface area contributed by atoms with Gasteiger partial charge in [0.1, 0.15) is 10.4 Å². The molecule has 176 valence electrons. The summed E-state index contributed by atoms with van der Waals surface area (Å²) in [5.74, 6) is 1.41. The molecule has 0 amide bonds. The molecule has 0 atom stereocenters. The van der Waals surface area contributed by atoms with Gasteiger partial charge in [0.05, 0.1) is 12.3 Å². The van der Waals surface area contributed by atoms with E-state index in [0.29, 0.717) is 31.8 Å². The van der Waals surface area contributed by atoms with Crippen LogP contribution in [0.4, 0.5) is 0 Å². The molecule has 0 fully saturated rings. The minimum atomic E-state index is -0.131. The van der Waals surface area contributed by atoms with Gasteiger partial charge in [-0.3, -0.25) is 18.9 Å². The number of thiazole rings is 1. The van der Waals surface area contributed by atoms with Crippen LogP contribution in [0, 0.1) is 10.9 Å². The molecule has 9 heteroatoms. The summed E-state index contributed by atoms with van der Waals surface area (Å²) >= 11 is 8.47. The third-order valence-electron chi connectivity index (χ3n) is 5.37. The van der Waals surface area contributed by atoms with Crippen molar-refractivity contribution in [2.75, 3.05) is 6.61 Å². The van der Waals surface area contributed by atoms with Crippen molar-refractivity contribution in [1.82, 2.24) is 19.1 Å². The largest absolute Gasteiger partial charge is 0.494 e. The molecule has 0 saturated carbocycles. The maximum Gasteiger partial charge on any atom is 0.278 e. The van der Waals surface area contributed by atoms with Crippen molar-refractivity contribution in [1.29, 1.82) is 0 Å². The number of aryl methyl sites for hydroxylation is 1. The molecule has 6 nitrogen and oxygen atoms in total. The molecule has 35 heavy (non-hydrogen) atoms. The first-order valence-electron chi connectivity index (χ1n) is 11.1. The predicted octanol–water partition coefficient (Wildman–Crippen LogP) is 6.36. The Bertz CT molecular complexity index is 1590. The first-order chi connectivity index (χ1) is 17.0. The lowest BCUT2D eigenvalue weighted by Gasteiger charge is -2.13. The Morgan fingerprint density at radius 1 is 1.03 bits per heavy atom. The van der Waals surface area contributed by atoms with Gasteiger partial charge in [-0.25, -0.2) is 4.98 Å². The summed E-state index contributed by atoms with van der Waals surface area (Å²) in [6.45, 7) is 4.57. The Morgan fingerprint density at radius 3 is 2.43 bits per heavy atom. The van der Waals surface area contributed by atoms with Crippen molar-refractivity contribution in [3.63, 3.8) is 0 Å². The molecule has 0 spiro atoms. The average Bonchev–Trinajstić information content (AvgIpc) is 3.21. The molecule has 0 saturated heterocycles. The zero-order valence-corrected chi connectivity index (χ0v) is 21.6. The smallest absolute Gasteiger partial charge is 0.278 e. The molecule has 0 aliphatic heterocycles. The molecule has 0 radical (unpaired) electrons. The molecule has 3 aromatic heterocycles. The Balaban J connectivity index is 1.68. The topological polar surface area (TPSA) is 61.9 Å². The van der Waals surface area contributed by atoms with Gasteiger partial charge in [-0.15, -0.1) is 0 Å². The summed E-state index contributed by atoms with van der Waals surface area (Å²) in [6, 6.07) is 19.5. The van der Waals surface area contributed by atoms with Crippen LogP contribution in [0.5, 0.6) is 5.75 Å². The highest BCUT2D eigenvalue weighted by Crippen LogP contribution is 2.29. The van der Waals surface area contributed by atoms with Gasteiger partial charge in [-0.2, -0.15) is 0 Å². The fourth-order valence-corrected chi connectivity index (χ4v) is 5.91. The first kappa shape index (κ1) is 23.5. The SMILES string of the molecule is CCOc1ccc(-n2c(=S)sc3c(=O)n(-c4ccc(C)cc4)c(SCc4cccnc4)nc32)cc1. The van der Waals surface area contributed by atoms with E-state index >= 15 is 0 Å². The molecular weight excluding hydrogens is 497 g/mol. The maximum atomic E-state index is 13.8. The van der Waals surface area contributed by atoms with Crippen LogP contribution in [0.1, 0.15) is 18.1 Å². The second kappa shape index (κ2) is 10.2. The van der Waals surface area contributed by atoms with Crippen LogP contribution in [0.3, 0.4) is 0 Å². The predicted molar refractivity (Wildman–Crippen MR) is 145 cm³/mol. The van der Waals surface area contributed by atoms with Gasteiger partial charge in [0.15, 0.2) is 14.8 Å². The number of hydrogen-bond acceptors (Lipinski definition) is 7. The number of rotatable bonds is 7. The van der Waals surface area contributed by atoms with Gasteiger partial charge in [0, 0.05) is 23.8 Å². The molecule has 0 bridgehead atoms. The number of pyridine rings is 1. The molecular formula is C26H22N4O2S3. The number of thioether (sulfide) groups is 1. The van der Waals surface area contributed by atoms with Crippen LogP contribution in [0.15, 0.2) is 83.0 Å². The van der Waals surface area contributed by atoms with Gasteiger partial charge in [-0.05, 0) is 74.1 Å². The molecule has 3 heterocycles. The molecule has 0 aliphatic carbocycles. The summed E-state index contributed by atoms with van der Waals surface area (Å²) in [5.41, 5.74) is 4.22. The molecule has 0 N–H and O–H groups in total. The van der Waals surface area contributed by atoms with Crippen LogP contribution in [-0.2, 0) is 5.75 Å². The Kier molecular flexibility index (Phi) is 6.81. The van der Waals surface area contributed by atoms with E-state index in [0.717, 1.165) is 28.3 Å². The number of ether oxygens (including phenoxy) is 1. The zero-order valence-electron chi connectivity index (χ0n) is 19.2. The van der Waals surface area contributed by atoms with Crippen molar-refractivity contribution in [3.8, 4) is 17.1 Å². The van der Waals surface area contributed by atoms with Crippen LogP contribution in [-0.4, -0.2) is 25.7 Å². The highest BCUT2D eigenvalue weighted by molar-refractivity contribution is 7.98. The monoisotopic (exact) mass is 518 g/mol. The summed E-state index contributed by atoms with van der Waals surface area (Å²) in [7, 11) is 0. The van der Waals surface area contributed by atoms with Gasteiger partial charge in [0.25, 0.3) is 5.56 Å². The van der Waals surface area contributed by atoms with Crippen molar-refractivity contribution in [2.45, 2.75) is 24.8 Å². The summed E-state index contributed by atoms with van der Waals surface area (Å²) < 4.78 is 10.2. The van der Waals surface area contributed by atoms with Crippen LogP contribution < -0.4 is 10.3 Å². The number of nitrogens with zero attached hydrogens (tertiary/aromatic N) is 4. The molecule has 5 aromatic rings. The van der Waals surface area contributed by atoms with E-state index < -0.39 is 0 Å². The van der Waals surface area contributed by atoms with Gasteiger partial charge < -0.3 is 4.74 Å². The van der Waals surface area contributed by atoms with Crippen LogP contribution >= 0.6 is 35.3 Å². The lowest BCUT2D eigenvalue weighted by atomic mass is 10.2. The van der Waals surface area contributed by atoms with E-state index in [1.165, 1.54) is 23.1 Å². The average molecular weight is 519 g/mol. The number of fused-ring (bicyclic) bond motifs is 1. The Morgan fingerprint density at radius 2 is 1.74 bits per heavy atom. The Hall–Kier alpha value is -3.27. The normalized spacial score (nSPS) is 11.1. The third-order valence-corrected chi connectivity index (χ3v) is 7.73.